The number of amides is 1. The SMILES string of the molecule is COc1ccccc1NC(=O)[C@H](C)Sc1nnc(-c2ccoc2C)n1C. The Hall–Kier alpha value is -2.74. The van der Waals surface area contributed by atoms with Crippen LogP contribution in [0.2, 0.25) is 0 Å². The van der Waals surface area contributed by atoms with E-state index in [0.29, 0.717) is 22.4 Å². The van der Waals surface area contributed by atoms with Gasteiger partial charge in [-0.2, -0.15) is 0 Å². The Morgan fingerprint density at radius 1 is 1.31 bits per heavy atom. The van der Waals surface area contributed by atoms with E-state index < -0.39 is 0 Å². The van der Waals surface area contributed by atoms with Crippen molar-refractivity contribution in [2.45, 2.75) is 24.3 Å². The molecule has 1 aromatic carbocycles. The summed E-state index contributed by atoms with van der Waals surface area (Å²) in [5, 5.41) is 11.6. The van der Waals surface area contributed by atoms with Gasteiger partial charge in [-0.1, -0.05) is 23.9 Å². The summed E-state index contributed by atoms with van der Waals surface area (Å²) in [4.78, 5) is 12.5. The maximum Gasteiger partial charge on any atom is 0.237 e. The molecule has 0 saturated heterocycles. The van der Waals surface area contributed by atoms with Gasteiger partial charge >= 0.3 is 0 Å². The Morgan fingerprint density at radius 3 is 2.77 bits per heavy atom. The number of nitrogens with one attached hydrogen (secondary N) is 1. The van der Waals surface area contributed by atoms with Crippen molar-refractivity contribution in [3.8, 4) is 17.1 Å². The van der Waals surface area contributed by atoms with Crippen molar-refractivity contribution in [3.63, 3.8) is 0 Å². The number of benzene rings is 1. The van der Waals surface area contributed by atoms with Crippen LogP contribution in [0.4, 0.5) is 5.69 Å². The maximum atomic E-state index is 12.5. The van der Waals surface area contributed by atoms with Crippen LogP contribution in [0.15, 0.2) is 46.2 Å². The molecule has 0 unspecified atom stereocenters. The van der Waals surface area contributed by atoms with Gasteiger partial charge in [0, 0.05) is 7.05 Å². The van der Waals surface area contributed by atoms with Crippen molar-refractivity contribution < 1.29 is 13.9 Å². The summed E-state index contributed by atoms with van der Waals surface area (Å²) in [6.45, 7) is 3.70. The monoisotopic (exact) mass is 372 g/mol. The molecular weight excluding hydrogens is 352 g/mol. The van der Waals surface area contributed by atoms with Gasteiger partial charge in [-0.15, -0.1) is 10.2 Å². The predicted octanol–water partition coefficient (Wildman–Crippen LogP) is 3.51. The lowest BCUT2D eigenvalue weighted by Crippen LogP contribution is -2.23. The zero-order chi connectivity index (χ0) is 18.7. The van der Waals surface area contributed by atoms with E-state index in [4.69, 9.17) is 9.15 Å². The fourth-order valence-electron chi connectivity index (χ4n) is 2.46. The number of ether oxygens (including phenoxy) is 1. The second kappa shape index (κ2) is 7.65. The molecule has 0 aliphatic carbocycles. The molecule has 0 bridgehead atoms. The van der Waals surface area contributed by atoms with E-state index in [2.05, 4.69) is 15.5 Å². The molecule has 2 aromatic heterocycles. The van der Waals surface area contributed by atoms with Gasteiger partial charge in [-0.3, -0.25) is 4.79 Å². The number of thioether (sulfide) groups is 1. The number of rotatable bonds is 6. The first-order valence-electron chi connectivity index (χ1n) is 8.05. The number of hydrogen-bond acceptors (Lipinski definition) is 6. The molecule has 2 heterocycles. The van der Waals surface area contributed by atoms with Crippen LogP contribution < -0.4 is 10.1 Å². The first-order chi connectivity index (χ1) is 12.5. The summed E-state index contributed by atoms with van der Waals surface area (Å²) in [7, 11) is 3.44. The van der Waals surface area contributed by atoms with Crippen LogP contribution in [0.3, 0.4) is 0 Å². The molecule has 3 aromatic rings. The number of furan rings is 1. The highest BCUT2D eigenvalue weighted by Gasteiger charge is 2.21. The highest BCUT2D eigenvalue weighted by atomic mass is 32.2. The van der Waals surface area contributed by atoms with Gasteiger partial charge in [0.05, 0.1) is 29.9 Å². The lowest BCUT2D eigenvalue weighted by molar-refractivity contribution is -0.115. The van der Waals surface area contributed by atoms with Gasteiger partial charge in [0.25, 0.3) is 0 Å². The number of anilines is 1. The zero-order valence-electron chi connectivity index (χ0n) is 15.0. The van der Waals surface area contributed by atoms with Crippen molar-refractivity contribution in [1.82, 2.24) is 14.8 Å². The molecule has 26 heavy (non-hydrogen) atoms. The van der Waals surface area contributed by atoms with E-state index >= 15 is 0 Å². The van der Waals surface area contributed by atoms with Crippen LogP contribution in [0, 0.1) is 6.92 Å². The first kappa shape index (κ1) is 18.1. The van der Waals surface area contributed by atoms with Crippen LogP contribution in [0.5, 0.6) is 5.75 Å². The van der Waals surface area contributed by atoms with E-state index in [0.717, 1.165) is 11.3 Å². The van der Waals surface area contributed by atoms with Gasteiger partial charge in [0.1, 0.15) is 11.5 Å². The van der Waals surface area contributed by atoms with Crippen molar-refractivity contribution >= 4 is 23.4 Å². The highest BCUT2D eigenvalue weighted by Crippen LogP contribution is 2.29. The number of aryl methyl sites for hydroxylation is 1. The summed E-state index contributed by atoms with van der Waals surface area (Å²) in [5.74, 6) is 1.97. The lowest BCUT2D eigenvalue weighted by Gasteiger charge is -2.13. The molecule has 0 spiro atoms. The zero-order valence-corrected chi connectivity index (χ0v) is 15.8. The third kappa shape index (κ3) is 3.60. The Morgan fingerprint density at radius 2 is 2.08 bits per heavy atom. The number of para-hydroxylation sites is 2. The lowest BCUT2D eigenvalue weighted by atomic mass is 10.2. The van der Waals surface area contributed by atoms with E-state index in [-0.39, 0.29) is 11.2 Å². The summed E-state index contributed by atoms with van der Waals surface area (Å²) in [6.07, 6.45) is 1.62. The molecule has 1 N–H and O–H groups in total. The summed E-state index contributed by atoms with van der Waals surface area (Å²) in [6, 6.07) is 9.15. The molecule has 1 amide bonds. The molecule has 0 radical (unpaired) electrons. The molecule has 0 aliphatic rings. The van der Waals surface area contributed by atoms with Gasteiger partial charge < -0.3 is 19.0 Å². The summed E-state index contributed by atoms with van der Waals surface area (Å²) >= 11 is 1.34. The Bertz CT molecular complexity index is 919. The van der Waals surface area contributed by atoms with Crippen molar-refractivity contribution in [3.05, 3.63) is 42.4 Å². The molecular formula is C18H20N4O3S. The molecule has 1 atom stereocenters. The third-order valence-electron chi connectivity index (χ3n) is 3.95. The number of hydrogen-bond donors (Lipinski definition) is 1. The van der Waals surface area contributed by atoms with E-state index in [1.54, 1.807) is 25.5 Å². The Labute approximate surface area is 155 Å². The highest BCUT2D eigenvalue weighted by molar-refractivity contribution is 8.00. The minimum Gasteiger partial charge on any atom is -0.495 e. The number of methoxy groups -OCH3 is 1. The van der Waals surface area contributed by atoms with Gasteiger partial charge in [0.15, 0.2) is 11.0 Å². The maximum absolute atomic E-state index is 12.5. The van der Waals surface area contributed by atoms with E-state index in [9.17, 15) is 4.79 Å². The normalized spacial score (nSPS) is 12.0. The first-order valence-corrected chi connectivity index (χ1v) is 8.93. The van der Waals surface area contributed by atoms with Crippen LogP contribution in [0.25, 0.3) is 11.4 Å². The quantitative estimate of drug-likeness (QED) is 0.667. The fraction of sp³-hybridized carbons (Fsp3) is 0.278. The van der Waals surface area contributed by atoms with Crippen LogP contribution >= 0.6 is 11.8 Å². The Kier molecular flexibility index (Phi) is 5.32. The molecule has 136 valence electrons. The van der Waals surface area contributed by atoms with E-state index in [1.165, 1.54) is 11.8 Å². The van der Waals surface area contributed by atoms with Crippen LogP contribution in [0.1, 0.15) is 12.7 Å². The van der Waals surface area contributed by atoms with Gasteiger partial charge in [-0.05, 0) is 32.0 Å². The van der Waals surface area contributed by atoms with Crippen molar-refractivity contribution in [1.29, 1.82) is 0 Å². The molecule has 3 rings (SSSR count). The summed E-state index contributed by atoms with van der Waals surface area (Å²) in [5.41, 5.74) is 1.53. The average Bonchev–Trinajstić information content (AvgIpc) is 3.21. The largest absolute Gasteiger partial charge is 0.495 e. The molecule has 0 fully saturated rings. The van der Waals surface area contributed by atoms with E-state index in [1.807, 2.05) is 43.7 Å². The molecule has 8 heteroatoms. The second-order valence-electron chi connectivity index (χ2n) is 5.71. The van der Waals surface area contributed by atoms with Gasteiger partial charge in [-0.25, -0.2) is 0 Å². The molecule has 7 nitrogen and oxygen atoms in total. The second-order valence-corrected chi connectivity index (χ2v) is 7.01. The van der Waals surface area contributed by atoms with Crippen molar-refractivity contribution in [2.24, 2.45) is 7.05 Å². The van der Waals surface area contributed by atoms with Crippen molar-refractivity contribution in [2.75, 3.05) is 12.4 Å². The summed E-state index contributed by atoms with van der Waals surface area (Å²) < 4.78 is 12.4. The number of nitrogens with zero attached hydrogens (tertiary/aromatic N) is 3. The topological polar surface area (TPSA) is 82.2 Å². The minimum atomic E-state index is -0.360. The molecule has 0 aliphatic heterocycles. The number of carbonyl (C=O) groups excluding carboxylic acids is 1. The number of carbonyl (C=O) groups is 1. The third-order valence-corrected chi connectivity index (χ3v) is 5.08. The average molecular weight is 372 g/mol. The van der Waals surface area contributed by atoms with Crippen LogP contribution in [-0.4, -0.2) is 33.0 Å². The number of aromatic nitrogens is 3. The molecule has 0 saturated carbocycles. The van der Waals surface area contributed by atoms with Gasteiger partial charge in [0.2, 0.25) is 5.91 Å². The fourth-order valence-corrected chi connectivity index (χ4v) is 3.28. The minimum absolute atomic E-state index is 0.136. The van der Waals surface area contributed by atoms with Crippen LogP contribution in [-0.2, 0) is 11.8 Å². The smallest absolute Gasteiger partial charge is 0.237 e. The Balaban J connectivity index is 1.72. The standard InChI is InChI=1S/C18H20N4O3S/c1-11-13(9-10-25-11)16-20-21-18(22(16)3)26-12(2)17(23)19-14-7-5-6-8-15(14)24-4/h5-10,12H,1-4H3,(H,19,23)/t12-/m0/s1. The predicted molar refractivity (Wildman–Crippen MR) is 100 cm³/mol.